The highest BCUT2D eigenvalue weighted by Gasteiger charge is 2.07. The molecule has 3 nitrogen and oxygen atoms in total. The maximum atomic E-state index is 13.4. The van der Waals surface area contributed by atoms with E-state index in [2.05, 4.69) is 21.2 Å². The number of carbonyl (C=O) groups excluding carboxylic acids is 1. The summed E-state index contributed by atoms with van der Waals surface area (Å²) in [6.07, 6.45) is 2.99. The summed E-state index contributed by atoms with van der Waals surface area (Å²) in [5, 5.41) is 11.9. The van der Waals surface area contributed by atoms with Crippen molar-refractivity contribution in [2.75, 3.05) is 6.54 Å². The van der Waals surface area contributed by atoms with E-state index in [-0.39, 0.29) is 23.7 Å². The van der Waals surface area contributed by atoms with Crippen LogP contribution in [0.4, 0.5) is 4.39 Å². The molecule has 2 N–H and O–H groups in total. The molecule has 0 spiro atoms. The number of rotatable bonds is 6. The third-order valence-corrected chi connectivity index (χ3v) is 3.23. The maximum absolute atomic E-state index is 13.4. The van der Waals surface area contributed by atoms with Crippen molar-refractivity contribution in [2.24, 2.45) is 5.92 Å². The van der Waals surface area contributed by atoms with Crippen molar-refractivity contribution in [1.29, 1.82) is 0 Å². The van der Waals surface area contributed by atoms with Crippen LogP contribution >= 0.6 is 15.9 Å². The summed E-state index contributed by atoms with van der Waals surface area (Å²) in [5.74, 6) is -0.462. The van der Waals surface area contributed by atoms with Crippen LogP contribution in [-0.4, -0.2) is 23.7 Å². The summed E-state index contributed by atoms with van der Waals surface area (Å²) in [7, 11) is 0. The van der Waals surface area contributed by atoms with Gasteiger partial charge in [-0.2, -0.15) is 0 Å². The largest absolute Gasteiger partial charge is 0.393 e. The maximum Gasteiger partial charge on any atom is 0.244 e. The molecule has 110 valence electrons. The van der Waals surface area contributed by atoms with E-state index in [1.54, 1.807) is 19.1 Å². The molecule has 0 aliphatic carbocycles. The lowest BCUT2D eigenvalue weighted by atomic mass is 10.0. The first-order valence-electron chi connectivity index (χ1n) is 6.47. The number of halogens is 2. The van der Waals surface area contributed by atoms with Gasteiger partial charge in [-0.15, -0.1) is 0 Å². The van der Waals surface area contributed by atoms with Crippen LogP contribution in [0.15, 0.2) is 28.7 Å². The van der Waals surface area contributed by atoms with E-state index in [1.165, 1.54) is 18.2 Å². The summed E-state index contributed by atoms with van der Waals surface area (Å²) in [4.78, 5) is 11.6. The van der Waals surface area contributed by atoms with Gasteiger partial charge in [0.25, 0.3) is 0 Å². The number of aliphatic hydroxyl groups excluding tert-OH is 1. The Morgan fingerprint density at radius 1 is 1.50 bits per heavy atom. The number of benzene rings is 1. The van der Waals surface area contributed by atoms with Gasteiger partial charge in [0, 0.05) is 22.7 Å². The Labute approximate surface area is 127 Å². The standard InChI is InChI=1S/C15H19BrFNO2/c1-10(7-11(2)19)9-18-15(20)6-3-12-8-13(16)4-5-14(12)17/h3-6,8,10-11,19H,7,9H2,1-2H3,(H,18,20). The molecule has 1 rings (SSSR count). The normalized spacial score (nSPS) is 14.2. The van der Waals surface area contributed by atoms with Crippen LogP contribution in [0.5, 0.6) is 0 Å². The number of nitrogens with one attached hydrogen (secondary N) is 1. The molecular formula is C15H19BrFNO2. The lowest BCUT2D eigenvalue weighted by Crippen LogP contribution is -2.28. The average molecular weight is 344 g/mol. The molecule has 5 heteroatoms. The fraction of sp³-hybridized carbons (Fsp3) is 0.400. The molecule has 2 unspecified atom stereocenters. The number of hydrogen-bond donors (Lipinski definition) is 2. The number of aliphatic hydroxyl groups is 1. The van der Waals surface area contributed by atoms with E-state index in [4.69, 9.17) is 0 Å². The fourth-order valence-electron chi connectivity index (χ4n) is 1.81. The van der Waals surface area contributed by atoms with Crippen molar-refractivity contribution < 1.29 is 14.3 Å². The second kappa shape index (κ2) is 8.17. The van der Waals surface area contributed by atoms with Gasteiger partial charge in [0.1, 0.15) is 5.82 Å². The third kappa shape index (κ3) is 6.30. The summed E-state index contributed by atoms with van der Waals surface area (Å²) in [5.41, 5.74) is 0.353. The molecule has 1 amide bonds. The number of carbonyl (C=O) groups is 1. The monoisotopic (exact) mass is 343 g/mol. The van der Waals surface area contributed by atoms with E-state index < -0.39 is 0 Å². The zero-order chi connectivity index (χ0) is 15.1. The molecule has 0 radical (unpaired) electrons. The molecule has 0 aliphatic heterocycles. The van der Waals surface area contributed by atoms with E-state index >= 15 is 0 Å². The van der Waals surface area contributed by atoms with Gasteiger partial charge < -0.3 is 10.4 Å². The van der Waals surface area contributed by atoms with Gasteiger partial charge in [0.05, 0.1) is 6.10 Å². The Kier molecular flexibility index (Phi) is 6.88. The van der Waals surface area contributed by atoms with Crippen LogP contribution in [-0.2, 0) is 4.79 Å². The molecule has 0 saturated heterocycles. The van der Waals surface area contributed by atoms with Crippen LogP contribution in [0.25, 0.3) is 6.08 Å². The Balaban J connectivity index is 2.49. The first kappa shape index (κ1) is 16.9. The highest BCUT2D eigenvalue weighted by atomic mass is 79.9. The summed E-state index contributed by atoms with van der Waals surface area (Å²) >= 11 is 3.25. The van der Waals surface area contributed by atoms with Gasteiger partial charge in [0.15, 0.2) is 0 Å². The molecule has 1 aromatic rings. The molecule has 0 aliphatic rings. The van der Waals surface area contributed by atoms with Crippen LogP contribution in [0.1, 0.15) is 25.8 Å². The fourth-order valence-corrected chi connectivity index (χ4v) is 2.19. The SMILES string of the molecule is CC(O)CC(C)CNC(=O)C=Cc1cc(Br)ccc1F. The van der Waals surface area contributed by atoms with Crippen LogP contribution in [0, 0.1) is 11.7 Å². The van der Waals surface area contributed by atoms with Gasteiger partial charge in [-0.05, 0) is 43.5 Å². The second-order valence-corrected chi connectivity index (χ2v) is 5.85. The smallest absolute Gasteiger partial charge is 0.244 e. The van der Waals surface area contributed by atoms with Crippen LogP contribution in [0.2, 0.25) is 0 Å². The molecule has 0 heterocycles. The summed E-state index contributed by atoms with van der Waals surface area (Å²) < 4.78 is 14.2. The minimum atomic E-state index is -0.381. The Bertz CT molecular complexity index is 489. The minimum absolute atomic E-state index is 0.190. The summed E-state index contributed by atoms with van der Waals surface area (Å²) in [6, 6.07) is 4.55. The molecular weight excluding hydrogens is 325 g/mol. The second-order valence-electron chi connectivity index (χ2n) is 4.93. The molecule has 0 aromatic heterocycles. The van der Waals surface area contributed by atoms with Crippen LogP contribution in [0.3, 0.4) is 0 Å². The van der Waals surface area contributed by atoms with Gasteiger partial charge in [0.2, 0.25) is 5.91 Å². The predicted octanol–water partition coefficient (Wildman–Crippen LogP) is 3.12. The van der Waals surface area contributed by atoms with E-state index in [0.717, 1.165) is 4.47 Å². The van der Waals surface area contributed by atoms with E-state index in [1.807, 2.05) is 6.92 Å². The van der Waals surface area contributed by atoms with Gasteiger partial charge in [-0.25, -0.2) is 4.39 Å². The van der Waals surface area contributed by atoms with Crippen molar-refractivity contribution in [1.82, 2.24) is 5.32 Å². The Morgan fingerprint density at radius 3 is 2.85 bits per heavy atom. The number of amides is 1. The van der Waals surface area contributed by atoms with Crippen molar-refractivity contribution in [2.45, 2.75) is 26.4 Å². The first-order valence-corrected chi connectivity index (χ1v) is 7.27. The molecule has 1 aromatic carbocycles. The van der Waals surface area contributed by atoms with Crippen molar-refractivity contribution in [3.63, 3.8) is 0 Å². The van der Waals surface area contributed by atoms with Gasteiger partial charge in [-0.3, -0.25) is 4.79 Å². The topological polar surface area (TPSA) is 49.3 Å². The lowest BCUT2D eigenvalue weighted by molar-refractivity contribution is -0.116. The average Bonchev–Trinajstić information content (AvgIpc) is 2.36. The van der Waals surface area contributed by atoms with E-state index in [9.17, 15) is 14.3 Å². The third-order valence-electron chi connectivity index (χ3n) is 2.74. The van der Waals surface area contributed by atoms with Crippen molar-refractivity contribution >= 4 is 27.9 Å². The lowest BCUT2D eigenvalue weighted by Gasteiger charge is -2.13. The van der Waals surface area contributed by atoms with Crippen LogP contribution < -0.4 is 5.32 Å². The highest BCUT2D eigenvalue weighted by Crippen LogP contribution is 2.16. The summed E-state index contributed by atoms with van der Waals surface area (Å²) in [6.45, 7) is 4.15. The molecule has 2 atom stereocenters. The quantitative estimate of drug-likeness (QED) is 0.779. The molecule has 0 bridgehead atoms. The number of hydrogen-bond acceptors (Lipinski definition) is 2. The van der Waals surface area contributed by atoms with Gasteiger partial charge in [-0.1, -0.05) is 22.9 Å². The predicted molar refractivity (Wildman–Crippen MR) is 81.6 cm³/mol. The van der Waals surface area contributed by atoms with Crippen molar-refractivity contribution in [3.05, 3.63) is 40.1 Å². The van der Waals surface area contributed by atoms with Crippen molar-refractivity contribution in [3.8, 4) is 0 Å². The van der Waals surface area contributed by atoms with E-state index in [0.29, 0.717) is 18.5 Å². The zero-order valence-electron chi connectivity index (χ0n) is 11.6. The Hall–Kier alpha value is -1.20. The molecule has 0 saturated carbocycles. The highest BCUT2D eigenvalue weighted by molar-refractivity contribution is 9.10. The zero-order valence-corrected chi connectivity index (χ0v) is 13.2. The molecule has 20 heavy (non-hydrogen) atoms. The Morgan fingerprint density at radius 2 is 2.20 bits per heavy atom. The first-order chi connectivity index (χ1) is 9.38. The minimum Gasteiger partial charge on any atom is -0.393 e. The molecule has 0 fully saturated rings. The van der Waals surface area contributed by atoms with Gasteiger partial charge >= 0.3 is 0 Å².